The van der Waals surface area contributed by atoms with Gasteiger partial charge in [0.25, 0.3) is 0 Å². The van der Waals surface area contributed by atoms with E-state index in [1.807, 2.05) is 0 Å². The fraction of sp³-hybridized carbons (Fsp3) is 0.500. The van der Waals surface area contributed by atoms with Gasteiger partial charge in [0.15, 0.2) is 5.82 Å². The van der Waals surface area contributed by atoms with Crippen molar-refractivity contribution in [1.82, 2.24) is 9.97 Å². The first kappa shape index (κ1) is 12.6. The molecule has 0 saturated heterocycles. The summed E-state index contributed by atoms with van der Waals surface area (Å²) in [6, 6.07) is -0.193. The summed E-state index contributed by atoms with van der Waals surface area (Å²) in [5.74, 6) is -0.351. The van der Waals surface area contributed by atoms with E-state index in [-0.39, 0.29) is 23.4 Å². The minimum atomic E-state index is -4.33. The summed E-state index contributed by atoms with van der Waals surface area (Å²) >= 11 is 0. The van der Waals surface area contributed by atoms with Gasteiger partial charge in [-0.1, -0.05) is 0 Å². The molecule has 0 spiro atoms. The van der Waals surface area contributed by atoms with Crippen LogP contribution >= 0.6 is 0 Å². The molecule has 1 aliphatic carbocycles. The van der Waals surface area contributed by atoms with Gasteiger partial charge in [-0.2, -0.15) is 13.2 Å². The molecule has 0 aliphatic heterocycles. The second-order valence-corrected chi connectivity index (χ2v) is 4.12. The fourth-order valence-electron chi connectivity index (χ4n) is 1.69. The van der Waals surface area contributed by atoms with E-state index >= 15 is 0 Å². The number of nitrogens with two attached hydrogens (primary N) is 1. The number of halogens is 3. The highest BCUT2D eigenvalue weighted by atomic mass is 19.4. The standard InChI is InChI=1S/C10H12F3N5/c11-10(12,13)5-18(6-1-2-6)9-7(8(14)15)16-3-4-17-9/h3-4,6H,1-2,5H2,(H3,14,15). The van der Waals surface area contributed by atoms with Gasteiger partial charge in [0.2, 0.25) is 0 Å². The number of amidine groups is 1. The molecule has 18 heavy (non-hydrogen) atoms. The van der Waals surface area contributed by atoms with Crippen molar-refractivity contribution in [3.8, 4) is 0 Å². The zero-order valence-corrected chi connectivity index (χ0v) is 9.41. The summed E-state index contributed by atoms with van der Waals surface area (Å²) in [4.78, 5) is 8.84. The number of anilines is 1. The second-order valence-electron chi connectivity index (χ2n) is 4.12. The zero-order chi connectivity index (χ0) is 13.3. The van der Waals surface area contributed by atoms with Crippen molar-refractivity contribution in [2.75, 3.05) is 11.4 Å². The average Bonchev–Trinajstić information content (AvgIpc) is 3.08. The molecule has 5 nitrogen and oxygen atoms in total. The molecule has 1 aromatic heterocycles. The highest BCUT2D eigenvalue weighted by Gasteiger charge is 2.40. The van der Waals surface area contributed by atoms with Crippen LogP contribution in [0, 0.1) is 5.41 Å². The van der Waals surface area contributed by atoms with Gasteiger partial charge >= 0.3 is 6.18 Å². The van der Waals surface area contributed by atoms with Crippen molar-refractivity contribution < 1.29 is 13.2 Å². The molecule has 0 radical (unpaired) electrons. The van der Waals surface area contributed by atoms with Crippen LogP contribution in [0.2, 0.25) is 0 Å². The molecular weight excluding hydrogens is 247 g/mol. The molecule has 0 amide bonds. The monoisotopic (exact) mass is 259 g/mol. The molecule has 1 aliphatic rings. The molecule has 1 aromatic rings. The Balaban J connectivity index is 2.33. The van der Waals surface area contributed by atoms with E-state index in [9.17, 15) is 13.2 Å². The van der Waals surface area contributed by atoms with Crippen LogP contribution < -0.4 is 10.6 Å². The third kappa shape index (κ3) is 2.88. The zero-order valence-electron chi connectivity index (χ0n) is 9.41. The summed E-state index contributed by atoms with van der Waals surface area (Å²) in [6.07, 6.45) is -0.353. The Morgan fingerprint density at radius 2 is 2.00 bits per heavy atom. The Labute approximate surface area is 101 Å². The summed E-state index contributed by atoms with van der Waals surface area (Å²) in [6.45, 7) is -1.10. The van der Waals surface area contributed by atoms with Gasteiger partial charge in [-0.25, -0.2) is 9.97 Å². The van der Waals surface area contributed by atoms with Crippen LogP contribution in [-0.4, -0.2) is 34.6 Å². The average molecular weight is 259 g/mol. The number of nitrogens with one attached hydrogen (secondary N) is 1. The molecule has 0 unspecified atom stereocenters. The maximum Gasteiger partial charge on any atom is 0.405 e. The number of nitrogen functional groups attached to an aromatic ring is 1. The van der Waals surface area contributed by atoms with Crippen LogP contribution in [0.5, 0.6) is 0 Å². The number of rotatable bonds is 4. The maximum absolute atomic E-state index is 12.5. The van der Waals surface area contributed by atoms with Crippen LogP contribution in [-0.2, 0) is 0 Å². The van der Waals surface area contributed by atoms with E-state index in [4.69, 9.17) is 11.1 Å². The van der Waals surface area contributed by atoms with Crippen molar-refractivity contribution in [3.63, 3.8) is 0 Å². The lowest BCUT2D eigenvalue weighted by molar-refractivity contribution is -0.120. The van der Waals surface area contributed by atoms with E-state index in [1.165, 1.54) is 12.4 Å². The minimum Gasteiger partial charge on any atom is -0.382 e. The molecule has 0 atom stereocenters. The summed E-state index contributed by atoms with van der Waals surface area (Å²) < 4.78 is 37.6. The Kier molecular flexibility index (Phi) is 3.10. The fourth-order valence-corrected chi connectivity index (χ4v) is 1.69. The lowest BCUT2D eigenvalue weighted by Crippen LogP contribution is -2.38. The second kappa shape index (κ2) is 4.43. The predicted molar refractivity (Wildman–Crippen MR) is 59.5 cm³/mol. The number of hydrogen-bond donors (Lipinski definition) is 2. The third-order valence-corrected chi connectivity index (χ3v) is 2.54. The lowest BCUT2D eigenvalue weighted by atomic mass is 10.3. The van der Waals surface area contributed by atoms with Gasteiger partial charge in [-0.05, 0) is 12.8 Å². The van der Waals surface area contributed by atoms with Crippen LogP contribution in [0.15, 0.2) is 12.4 Å². The Morgan fingerprint density at radius 1 is 1.39 bits per heavy atom. The summed E-state index contributed by atoms with van der Waals surface area (Å²) in [5.41, 5.74) is 5.30. The molecular formula is C10H12F3N5. The largest absolute Gasteiger partial charge is 0.405 e. The van der Waals surface area contributed by atoms with E-state index in [0.29, 0.717) is 12.8 Å². The van der Waals surface area contributed by atoms with Crippen LogP contribution in [0.25, 0.3) is 0 Å². The molecule has 1 fully saturated rings. The molecule has 1 saturated carbocycles. The van der Waals surface area contributed by atoms with Gasteiger partial charge in [-0.15, -0.1) is 0 Å². The molecule has 98 valence electrons. The predicted octanol–water partition coefficient (Wildman–Crippen LogP) is 1.29. The SMILES string of the molecule is N=C(N)c1nccnc1N(CC(F)(F)F)C1CC1. The molecule has 0 aromatic carbocycles. The van der Waals surface area contributed by atoms with E-state index in [1.54, 1.807) is 0 Å². The van der Waals surface area contributed by atoms with Crippen molar-refractivity contribution in [1.29, 1.82) is 5.41 Å². The van der Waals surface area contributed by atoms with E-state index in [2.05, 4.69) is 9.97 Å². The molecule has 8 heteroatoms. The van der Waals surface area contributed by atoms with Gasteiger partial charge in [0.05, 0.1) is 0 Å². The summed E-state index contributed by atoms with van der Waals surface area (Å²) in [7, 11) is 0. The Bertz CT molecular complexity index is 455. The first-order chi connectivity index (χ1) is 8.38. The van der Waals surface area contributed by atoms with Gasteiger partial charge in [0, 0.05) is 18.4 Å². The number of alkyl halides is 3. The summed E-state index contributed by atoms with van der Waals surface area (Å²) in [5, 5.41) is 7.33. The van der Waals surface area contributed by atoms with E-state index < -0.39 is 12.7 Å². The minimum absolute atomic E-state index is 0.00588. The number of aromatic nitrogens is 2. The topological polar surface area (TPSA) is 78.9 Å². The van der Waals surface area contributed by atoms with Gasteiger partial charge in [-0.3, -0.25) is 5.41 Å². The van der Waals surface area contributed by atoms with Crippen molar-refractivity contribution in [2.24, 2.45) is 5.73 Å². The van der Waals surface area contributed by atoms with Crippen molar-refractivity contribution in [3.05, 3.63) is 18.1 Å². The van der Waals surface area contributed by atoms with Gasteiger partial charge < -0.3 is 10.6 Å². The Morgan fingerprint density at radius 3 is 2.50 bits per heavy atom. The molecule has 0 bridgehead atoms. The molecule has 2 rings (SSSR count). The normalized spacial score (nSPS) is 15.5. The van der Waals surface area contributed by atoms with Crippen LogP contribution in [0.1, 0.15) is 18.5 Å². The molecule has 1 heterocycles. The van der Waals surface area contributed by atoms with Gasteiger partial charge in [0.1, 0.15) is 18.1 Å². The maximum atomic E-state index is 12.5. The smallest absolute Gasteiger partial charge is 0.382 e. The lowest BCUT2D eigenvalue weighted by Gasteiger charge is -2.25. The van der Waals surface area contributed by atoms with Crippen molar-refractivity contribution >= 4 is 11.7 Å². The van der Waals surface area contributed by atoms with Crippen molar-refractivity contribution in [2.45, 2.75) is 25.1 Å². The highest BCUT2D eigenvalue weighted by molar-refractivity contribution is 5.97. The number of hydrogen-bond acceptors (Lipinski definition) is 4. The van der Waals surface area contributed by atoms with E-state index in [0.717, 1.165) is 4.90 Å². The van der Waals surface area contributed by atoms with Crippen LogP contribution in [0.4, 0.5) is 19.0 Å². The van der Waals surface area contributed by atoms with Crippen LogP contribution in [0.3, 0.4) is 0 Å². The molecule has 3 N–H and O–H groups in total. The Hall–Kier alpha value is -1.86. The first-order valence-electron chi connectivity index (χ1n) is 5.37. The third-order valence-electron chi connectivity index (χ3n) is 2.54. The number of nitrogens with zero attached hydrogens (tertiary/aromatic N) is 3. The quantitative estimate of drug-likeness (QED) is 0.631. The highest BCUT2D eigenvalue weighted by Crippen LogP contribution is 2.34. The first-order valence-corrected chi connectivity index (χ1v) is 5.37.